The third-order valence-corrected chi connectivity index (χ3v) is 5.31. The second kappa shape index (κ2) is 7.23. The summed E-state index contributed by atoms with van der Waals surface area (Å²) in [6.45, 7) is 0.487. The Morgan fingerprint density at radius 2 is 1.69 bits per heavy atom. The van der Waals surface area contributed by atoms with E-state index in [1.165, 1.54) is 12.1 Å². The molecule has 2 N–H and O–H groups in total. The number of carbonyl (C=O) groups is 1. The number of primary amides is 1. The summed E-state index contributed by atoms with van der Waals surface area (Å²) >= 11 is 0. The summed E-state index contributed by atoms with van der Waals surface area (Å²) < 4.78 is 42.6. The molecule has 0 aliphatic carbocycles. The minimum absolute atomic E-state index is 0.339. The highest BCUT2D eigenvalue weighted by Gasteiger charge is 2.30. The number of nitrogens with two attached hydrogens (primary N) is 1. The maximum Gasteiger partial charge on any atom is 0.416 e. The number of fused-ring (bicyclic) bond motifs is 3. The Morgan fingerprint density at radius 1 is 0.969 bits per heavy atom. The molecule has 0 saturated heterocycles. The first-order valence-corrected chi connectivity index (χ1v) is 9.69. The molecule has 3 heterocycles. The van der Waals surface area contributed by atoms with Crippen LogP contribution < -0.4 is 5.73 Å². The molecule has 0 aliphatic heterocycles. The maximum atomic E-state index is 13.0. The molecule has 9 heteroatoms. The minimum atomic E-state index is -4.42. The smallest absolute Gasteiger partial charge is 0.366 e. The van der Waals surface area contributed by atoms with Crippen LogP contribution in [0, 0.1) is 0 Å². The van der Waals surface area contributed by atoms with Crippen molar-refractivity contribution in [3.63, 3.8) is 0 Å². The minimum Gasteiger partial charge on any atom is -0.366 e. The van der Waals surface area contributed by atoms with Crippen molar-refractivity contribution >= 4 is 27.8 Å². The second-order valence-corrected chi connectivity index (χ2v) is 7.40. The van der Waals surface area contributed by atoms with Crippen LogP contribution in [0.1, 0.15) is 21.5 Å². The summed E-state index contributed by atoms with van der Waals surface area (Å²) in [6.07, 6.45) is 0.809. The van der Waals surface area contributed by atoms with Crippen molar-refractivity contribution in [3.8, 4) is 5.69 Å². The van der Waals surface area contributed by atoms with E-state index in [1.54, 1.807) is 39.8 Å². The number of benzene rings is 2. The molecular formula is C23H16F3N5O. The van der Waals surface area contributed by atoms with Gasteiger partial charge in [0.05, 0.1) is 17.6 Å². The Morgan fingerprint density at radius 3 is 2.34 bits per heavy atom. The summed E-state index contributed by atoms with van der Waals surface area (Å²) in [5, 5.41) is 6.18. The van der Waals surface area contributed by atoms with Crippen LogP contribution in [0.15, 0.2) is 73.2 Å². The zero-order valence-corrected chi connectivity index (χ0v) is 16.5. The summed E-state index contributed by atoms with van der Waals surface area (Å²) in [7, 11) is 0. The van der Waals surface area contributed by atoms with E-state index in [9.17, 15) is 18.0 Å². The van der Waals surface area contributed by atoms with Crippen LogP contribution in [0.2, 0.25) is 0 Å². The fraction of sp³-hybridized carbons (Fsp3) is 0.0870. The number of hydrogen-bond acceptors (Lipinski definition) is 3. The van der Waals surface area contributed by atoms with Crippen LogP contribution in [0.25, 0.3) is 27.6 Å². The van der Waals surface area contributed by atoms with Gasteiger partial charge in [-0.25, -0.2) is 0 Å². The fourth-order valence-corrected chi connectivity index (χ4v) is 3.80. The van der Waals surface area contributed by atoms with Gasteiger partial charge in [0.25, 0.3) is 0 Å². The topological polar surface area (TPSA) is 78.7 Å². The maximum absolute atomic E-state index is 13.0. The molecule has 0 radical (unpaired) electrons. The van der Waals surface area contributed by atoms with Gasteiger partial charge in [-0.3, -0.25) is 19.0 Å². The first-order chi connectivity index (χ1) is 15.3. The molecule has 0 fully saturated rings. The van der Waals surface area contributed by atoms with Gasteiger partial charge in [0, 0.05) is 40.6 Å². The molecule has 6 nitrogen and oxygen atoms in total. The number of halogens is 3. The fourth-order valence-electron chi connectivity index (χ4n) is 3.80. The lowest BCUT2D eigenvalue weighted by molar-refractivity contribution is -0.137. The monoisotopic (exact) mass is 435 g/mol. The van der Waals surface area contributed by atoms with Crippen molar-refractivity contribution in [3.05, 3.63) is 89.9 Å². The number of pyridine rings is 1. The average Bonchev–Trinajstić information content (AvgIpc) is 3.29. The summed E-state index contributed by atoms with van der Waals surface area (Å²) in [5.41, 5.74) is 7.86. The third kappa shape index (κ3) is 3.37. The largest absolute Gasteiger partial charge is 0.416 e. The highest BCUT2D eigenvalue weighted by Crippen LogP contribution is 2.34. The van der Waals surface area contributed by atoms with E-state index in [4.69, 9.17) is 5.73 Å². The molecule has 160 valence electrons. The molecule has 0 unspecified atom stereocenters. The lowest BCUT2D eigenvalue weighted by Gasteiger charge is -2.10. The average molecular weight is 435 g/mol. The van der Waals surface area contributed by atoms with E-state index in [0.29, 0.717) is 29.0 Å². The van der Waals surface area contributed by atoms with Crippen molar-refractivity contribution in [2.24, 2.45) is 5.73 Å². The number of nitrogens with zero attached hydrogens (tertiary/aromatic N) is 4. The second-order valence-electron chi connectivity index (χ2n) is 7.40. The predicted octanol–water partition coefficient (Wildman–Crippen LogP) is 4.54. The Balaban J connectivity index is 1.71. The van der Waals surface area contributed by atoms with Gasteiger partial charge in [-0.15, -0.1) is 0 Å². The number of amides is 1. The Bertz CT molecular complexity index is 1450. The Labute approximate surface area is 179 Å². The lowest BCUT2D eigenvalue weighted by Crippen LogP contribution is -2.10. The molecule has 1 amide bonds. The Kier molecular flexibility index (Phi) is 4.47. The molecule has 5 rings (SSSR count). The van der Waals surface area contributed by atoms with Crippen molar-refractivity contribution in [1.29, 1.82) is 0 Å². The summed E-state index contributed by atoms with van der Waals surface area (Å²) in [5.74, 6) is -0.563. The molecule has 0 bridgehead atoms. The van der Waals surface area contributed by atoms with Gasteiger partial charge < -0.3 is 5.73 Å². The summed E-state index contributed by atoms with van der Waals surface area (Å²) in [4.78, 5) is 15.7. The molecule has 0 spiro atoms. The number of hydrogen-bond donors (Lipinski definition) is 1. The number of aromatic nitrogens is 4. The van der Waals surface area contributed by atoms with E-state index >= 15 is 0 Å². The SMILES string of the molecule is NC(=O)c1ccc2c(c1)c1cn(Cc3ccncc3)nc1n2-c1ccc(C(F)(F)F)cc1. The highest BCUT2D eigenvalue weighted by molar-refractivity contribution is 6.10. The first kappa shape index (κ1) is 19.8. The van der Waals surface area contributed by atoms with Gasteiger partial charge in [0.15, 0.2) is 5.65 Å². The molecule has 2 aromatic carbocycles. The van der Waals surface area contributed by atoms with Crippen LogP contribution in [0.4, 0.5) is 13.2 Å². The zero-order valence-electron chi connectivity index (χ0n) is 16.5. The van der Waals surface area contributed by atoms with Crippen LogP contribution in [0.5, 0.6) is 0 Å². The van der Waals surface area contributed by atoms with E-state index in [-0.39, 0.29) is 0 Å². The number of rotatable bonds is 4. The van der Waals surface area contributed by atoms with Crippen molar-refractivity contribution in [2.45, 2.75) is 12.7 Å². The highest BCUT2D eigenvalue weighted by atomic mass is 19.4. The van der Waals surface area contributed by atoms with E-state index in [1.807, 2.05) is 18.3 Å². The third-order valence-electron chi connectivity index (χ3n) is 5.31. The van der Waals surface area contributed by atoms with E-state index in [0.717, 1.165) is 28.5 Å². The molecule has 0 aliphatic rings. The van der Waals surface area contributed by atoms with Gasteiger partial charge in [0.2, 0.25) is 5.91 Å². The molecule has 5 aromatic rings. The molecule has 32 heavy (non-hydrogen) atoms. The Hall–Kier alpha value is -4.14. The molecular weight excluding hydrogens is 419 g/mol. The summed E-state index contributed by atoms with van der Waals surface area (Å²) in [6, 6.07) is 13.6. The standard InChI is InChI=1S/C23H16F3N5O/c24-23(25,26)16-2-4-17(5-3-16)31-20-6-1-15(21(27)32)11-18(20)19-13-30(29-22(19)31)12-14-7-9-28-10-8-14/h1-11,13H,12H2,(H2,27,32). The van der Waals surface area contributed by atoms with Crippen LogP contribution in [-0.4, -0.2) is 25.2 Å². The van der Waals surface area contributed by atoms with Gasteiger partial charge in [0.1, 0.15) is 0 Å². The van der Waals surface area contributed by atoms with Crippen molar-refractivity contribution in [1.82, 2.24) is 19.3 Å². The van der Waals surface area contributed by atoms with Crippen molar-refractivity contribution < 1.29 is 18.0 Å². The quantitative estimate of drug-likeness (QED) is 0.450. The lowest BCUT2D eigenvalue weighted by atomic mass is 10.1. The van der Waals surface area contributed by atoms with Crippen LogP contribution >= 0.6 is 0 Å². The molecule has 0 saturated carbocycles. The van der Waals surface area contributed by atoms with Gasteiger partial charge in [-0.2, -0.15) is 18.3 Å². The van der Waals surface area contributed by atoms with Crippen molar-refractivity contribution in [2.75, 3.05) is 0 Å². The van der Waals surface area contributed by atoms with E-state index < -0.39 is 17.6 Å². The predicted molar refractivity (Wildman–Crippen MR) is 113 cm³/mol. The van der Waals surface area contributed by atoms with E-state index in [2.05, 4.69) is 10.1 Å². The first-order valence-electron chi connectivity index (χ1n) is 9.69. The van der Waals surface area contributed by atoms with Gasteiger partial charge in [-0.1, -0.05) is 0 Å². The number of alkyl halides is 3. The van der Waals surface area contributed by atoms with Gasteiger partial charge in [-0.05, 0) is 60.2 Å². The molecule has 0 atom stereocenters. The van der Waals surface area contributed by atoms with Crippen LogP contribution in [-0.2, 0) is 12.7 Å². The normalized spacial score (nSPS) is 12.0. The number of carbonyl (C=O) groups excluding carboxylic acids is 1. The molecule has 3 aromatic heterocycles. The van der Waals surface area contributed by atoms with Crippen LogP contribution in [0.3, 0.4) is 0 Å². The zero-order chi connectivity index (χ0) is 22.5. The van der Waals surface area contributed by atoms with Gasteiger partial charge >= 0.3 is 6.18 Å².